The number of nitrogens with zero attached hydrogens (tertiary/aromatic N) is 2. The van der Waals surface area contributed by atoms with E-state index < -0.39 is 10.0 Å². The first kappa shape index (κ1) is 14.8. The van der Waals surface area contributed by atoms with E-state index in [-0.39, 0.29) is 16.0 Å². The first-order valence-electron chi connectivity index (χ1n) is 6.58. The first-order chi connectivity index (χ1) is 8.96. The zero-order valence-electron chi connectivity index (χ0n) is 11.2. The predicted octanol–water partition coefficient (Wildman–Crippen LogP) is 2.93. The lowest BCUT2D eigenvalue weighted by atomic mass is 9.93. The Morgan fingerprint density at radius 1 is 1.47 bits per heavy atom. The van der Waals surface area contributed by atoms with Crippen molar-refractivity contribution in [1.29, 1.82) is 0 Å². The van der Waals surface area contributed by atoms with E-state index in [1.807, 2.05) is 6.92 Å². The monoisotopic (exact) mass is 302 g/mol. The van der Waals surface area contributed by atoms with Gasteiger partial charge in [-0.15, -0.1) is 0 Å². The Morgan fingerprint density at radius 2 is 2.21 bits per heavy atom. The zero-order valence-corrected chi connectivity index (χ0v) is 12.8. The number of aromatic nitrogens is 1. The number of pyridine rings is 1. The molecule has 1 aliphatic heterocycles. The highest BCUT2D eigenvalue weighted by atomic mass is 35.5. The summed E-state index contributed by atoms with van der Waals surface area (Å²) in [5, 5.41) is 0.237. The standard InChI is InChI=1S/C13H19ClN2O2S/c1-3-11-5-4-10(2)16(9-11)19(17,18)13-8-15-7-6-12(13)14/h6-8,10-11H,3-5,9H2,1-2H3. The molecule has 2 atom stereocenters. The van der Waals surface area contributed by atoms with Gasteiger partial charge >= 0.3 is 0 Å². The minimum Gasteiger partial charge on any atom is -0.263 e. The maximum atomic E-state index is 12.7. The van der Waals surface area contributed by atoms with Gasteiger partial charge in [0.2, 0.25) is 10.0 Å². The van der Waals surface area contributed by atoms with Gasteiger partial charge in [0.15, 0.2) is 0 Å². The van der Waals surface area contributed by atoms with Crippen LogP contribution in [0.15, 0.2) is 23.4 Å². The van der Waals surface area contributed by atoms with Crippen LogP contribution in [0.4, 0.5) is 0 Å². The summed E-state index contributed by atoms with van der Waals surface area (Å²) in [6.45, 7) is 4.63. The SMILES string of the molecule is CCC1CCC(C)N(S(=O)(=O)c2cnccc2Cl)C1. The predicted molar refractivity (Wildman–Crippen MR) is 75.6 cm³/mol. The topological polar surface area (TPSA) is 50.3 Å². The van der Waals surface area contributed by atoms with Gasteiger partial charge in [0, 0.05) is 25.0 Å². The van der Waals surface area contributed by atoms with Crippen molar-refractivity contribution in [2.45, 2.75) is 44.0 Å². The van der Waals surface area contributed by atoms with Crippen molar-refractivity contribution in [3.8, 4) is 0 Å². The maximum Gasteiger partial charge on any atom is 0.246 e. The van der Waals surface area contributed by atoms with Crippen LogP contribution in [-0.4, -0.2) is 30.3 Å². The lowest BCUT2D eigenvalue weighted by Gasteiger charge is -2.36. The molecule has 2 rings (SSSR count). The molecule has 1 saturated heterocycles. The molecule has 1 aromatic heterocycles. The Balaban J connectivity index is 2.36. The lowest BCUT2D eigenvalue weighted by Crippen LogP contribution is -2.45. The van der Waals surface area contributed by atoms with Crippen LogP contribution in [0.5, 0.6) is 0 Å². The highest BCUT2D eigenvalue weighted by molar-refractivity contribution is 7.89. The molecule has 0 N–H and O–H groups in total. The molecule has 0 saturated carbocycles. The molecule has 0 aliphatic carbocycles. The maximum absolute atomic E-state index is 12.7. The van der Waals surface area contributed by atoms with Gasteiger partial charge in [-0.25, -0.2) is 8.42 Å². The molecule has 0 radical (unpaired) electrons. The molecular weight excluding hydrogens is 284 g/mol. The molecule has 2 heterocycles. The second kappa shape index (κ2) is 5.77. The number of hydrogen-bond acceptors (Lipinski definition) is 3. The van der Waals surface area contributed by atoms with E-state index in [4.69, 9.17) is 11.6 Å². The van der Waals surface area contributed by atoms with E-state index in [0.717, 1.165) is 19.3 Å². The van der Waals surface area contributed by atoms with Gasteiger partial charge in [0.25, 0.3) is 0 Å². The molecule has 1 aromatic rings. The fourth-order valence-electron chi connectivity index (χ4n) is 2.49. The average Bonchev–Trinajstić information content (AvgIpc) is 2.39. The number of piperidine rings is 1. The highest BCUT2D eigenvalue weighted by Crippen LogP contribution is 2.31. The summed E-state index contributed by atoms with van der Waals surface area (Å²) in [5.74, 6) is 0.432. The third-order valence-corrected chi connectivity index (χ3v) is 6.27. The van der Waals surface area contributed by atoms with Crippen molar-refractivity contribution in [1.82, 2.24) is 9.29 Å². The molecule has 6 heteroatoms. The van der Waals surface area contributed by atoms with Crippen LogP contribution >= 0.6 is 11.6 Å². The van der Waals surface area contributed by atoms with Crippen LogP contribution in [0, 0.1) is 5.92 Å². The molecule has 1 fully saturated rings. The van der Waals surface area contributed by atoms with E-state index in [0.29, 0.717) is 12.5 Å². The molecule has 0 spiro atoms. The number of rotatable bonds is 3. The zero-order chi connectivity index (χ0) is 14.0. The minimum atomic E-state index is -3.55. The molecule has 4 nitrogen and oxygen atoms in total. The van der Waals surface area contributed by atoms with Crippen molar-refractivity contribution >= 4 is 21.6 Å². The Bertz CT molecular complexity index is 547. The Labute approximate surface area is 119 Å². The van der Waals surface area contributed by atoms with Crippen molar-refractivity contribution in [2.75, 3.05) is 6.54 Å². The van der Waals surface area contributed by atoms with E-state index in [1.165, 1.54) is 18.5 Å². The molecule has 106 valence electrons. The number of hydrogen-bond donors (Lipinski definition) is 0. The van der Waals surface area contributed by atoms with Crippen molar-refractivity contribution < 1.29 is 8.42 Å². The Morgan fingerprint density at radius 3 is 2.84 bits per heavy atom. The van der Waals surface area contributed by atoms with E-state index >= 15 is 0 Å². The van der Waals surface area contributed by atoms with Crippen LogP contribution in [0.25, 0.3) is 0 Å². The van der Waals surface area contributed by atoms with Crippen molar-refractivity contribution in [2.24, 2.45) is 5.92 Å². The summed E-state index contributed by atoms with van der Waals surface area (Å²) in [4.78, 5) is 3.99. The third-order valence-electron chi connectivity index (χ3n) is 3.82. The summed E-state index contributed by atoms with van der Waals surface area (Å²) in [6, 6.07) is 1.53. The fourth-order valence-corrected chi connectivity index (χ4v) is 4.64. The minimum absolute atomic E-state index is 0.0177. The van der Waals surface area contributed by atoms with Crippen LogP contribution in [-0.2, 0) is 10.0 Å². The summed E-state index contributed by atoms with van der Waals surface area (Å²) in [7, 11) is -3.55. The normalized spacial score (nSPS) is 25.4. The fraction of sp³-hybridized carbons (Fsp3) is 0.615. The molecule has 19 heavy (non-hydrogen) atoms. The molecule has 0 amide bonds. The second-order valence-corrected chi connectivity index (χ2v) is 7.35. The van der Waals surface area contributed by atoms with E-state index in [1.54, 1.807) is 4.31 Å². The van der Waals surface area contributed by atoms with E-state index in [9.17, 15) is 8.42 Å². The first-order valence-corrected chi connectivity index (χ1v) is 8.40. The van der Waals surface area contributed by atoms with Gasteiger partial charge in [-0.1, -0.05) is 24.9 Å². The van der Waals surface area contributed by atoms with Gasteiger partial charge in [0.1, 0.15) is 4.90 Å². The summed E-state index contributed by atoms with van der Waals surface area (Å²) >= 11 is 6.00. The second-order valence-electron chi connectivity index (χ2n) is 5.08. The quantitative estimate of drug-likeness (QED) is 0.862. The van der Waals surface area contributed by atoms with Crippen LogP contribution < -0.4 is 0 Å². The van der Waals surface area contributed by atoms with Crippen molar-refractivity contribution in [3.05, 3.63) is 23.5 Å². The van der Waals surface area contributed by atoms with Crippen molar-refractivity contribution in [3.63, 3.8) is 0 Å². The molecule has 1 aliphatic rings. The Kier molecular flexibility index (Phi) is 4.48. The molecule has 2 unspecified atom stereocenters. The summed E-state index contributed by atoms with van der Waals surface area (Å²) in [5.41, 5.74) is 0. The van der Waals surface area contributed by atoms with Crippen LogP contribution in [0.3, 0.4) is 0 Å². The largest absolute Gasteiger partial charge is 0.263 e. The van der Waals surface area contributed by atoms with Gasteiger partial charge in [-0.05, 0) is 31.7 Å². The molecule has 0 bridgehead atoms. The lowest BCUT2D eigenvalue weighted by molar-refractivity contribution is 0.203. The third kappa shape index (κ3) is 2.93. The smallest absolute Gasteiger partial charge is 0.246 e. The van der Waals surface area contributed by atoms with Gasteiger partial charge < -0.3 is 0 Å². The van der Waals surface area contributed by atoms with Crippen LogP contribution in [0.1, 0.15) is 33.1 Å². The molecular formula is C13H19ClN2O2S. The Hall–Kier alpha value is -0.650. The number of sulfonamides is 1. The number of halogens is 1. The van der Waals surface area contributed by atoms with Gasteiger partial charge in [-0.2, -0.15) is 4.31 Å². The summed E-state index contributed by atoms with van der Waals surface area (Å²) < 4.78 is 26.9. The average molecular weight is 303 g/mol. The molecule has 0 aromatic carbocycles. The van der Waals surface area contributed by atoms with Gasteiger partial charge in [-0.3, -0.25) is 4.98 Å². The summed E-state index contributed by atoms with van der Waals surface area (Å²) in [6.07, 6.45) is 5.81. The van der Waals surface area contributed by atoms with Gasteiger partial charge in [0.05, 0.1) is 5.02 Å². The van der Waals surface area contributed by atoms with E-state index in [2.05, 4.69) is 11.9 Å². The van der Waals surface area contributed by atoms with Crippen LogP contribution in [0.2, 0.25) is 5.02 Å². The highest BCUT2D eigenvalue weighted by Gasteiger charge is 2.35.